The van der Waals surface area contributed by atoms with E-state index in [1.807, 2.05) is 4.90 Å². The van der Waals surface area contributed by atoms with E-state index in [0.717, 1.165) is 38.1 Å². The van der Waals surface area contributed by atoms with Crippen LogP contribution in [-0.4, -0.2) is 57.7 Å². The van der Waals surface area contributed by atoms with Gasteiger partial charge in [-0.3, -0.25) is 0 Å². The predicted octanol–water partition coefficient (Wildman–Crippen LogP) is 1.16. The number of halogens is 1. The Morgan fingerprint density at radius 2 is 1.93 bits per heavy atom. The van der Waals surface area contributed by atoms with Crippen molar-refractivity contribution in [3.63, 3.8) is 0 Å². The quantitative estimate of drug-likeness (QED) is 0.726. The SMILES string of the molecule is COc1ccc(F)cc1S(=O)(=O)NCc1nc(N(C)C)nc(N2CCCC2)n1. The standard InChI is InChI=1S/C17H23FN6O3S/c1-23(2)16-20-15(21-17(22-16)24-8-4-5-9-24)11-19-28(25,26)14-10-12(18)6-7-13(14)27-3/h6-7,10,19H,4-5,8-9,11H2,1-3H3. The van der Waals surface area contributed by atoms with E-state index >= 15 is 0 Å². The molecule has 1 aromatic heterocycles. The van der Waals surface area contributed by atoms with Crippen LogP contribution < -0.4 is 19.3 Å². The van der Waals surface area contributed by atoms with Crippen molar-refractivity contribution in [2.24, 2.45) is 0 Å². The highest BCUT2D eigenvalue weighted by Crippen LogP contribution is 2.24. The Bertz CT molecular complexity index is 948. The van der Waals surface area contributed by atoms with Gasteiger partial charge in [-0.1, -0.05) is 0 Å². The van der Waals surface area contributed by atoms with Gasteiger partial charge in [-0.05, 0) is 31.0 Å². The average molecular weight is 410 g/mol. The number of aromatic nitrogens is 3. The van der Waals surface area contributed by atoms with Gasteiger partial charge in [0.1, 0.15) is 16.5 Å². The molecule has 2 aromatic rings. The molecule has 1 aromatic carbocycles. The van der Waals surface area contributed by atoms with E-state index in [4.69, 9.17) is 4.74 Å². The van der Waals surface area contributed by atoms with E-state index in [2.05, 4.69) is 19.7 Å². The minimum absolute atomic E-state index is 0.0521. The Morgan fingerprint density at radius 1 is 1.21 bits per heavy atom. The van der Waals surface area contributed by atoms with Crippen LogP contribution in [0.25, 0.3) is 0 Å². The fraction of sp³-hybridized carbons (Fsp3) is 0.471. The molecule has 9 nitrogen and oxygen atoms in total. The Morgan fingerprint density at radius 3 is 2.57 bits per heavy atom. The first-order valence-electron chi connectivity index (χ1n) is 8.80. The van der Waals surface area contributed by atoms with Gasteiger partial charge in [-0.25, -0.2) is 17.5 Å². The van der Waals surface area contributed by atoms with Gasteiger partial charge in [0.25, 0.3) is 0 Å². The highest BCUT2D eigenvalue weighted by atomic mass is 32.2. The fourth-order valence-corrected chi connectivity index (χ4v) is 3.99. The van der Waals surface area contributed by atoms with Crippen molar-refractivity contribution in [3.8, 4) is 5.75 Å². The maximum Gasteiger partial charge on any atom is 0.244 e. The van der Waals surface area contributed by atoms with Crippen LogP contribution in [0.5, 0.6) is 5.75 Å². The van der Waals surface area contributed by atoms with E-state index in [1.165, 1.54) is 13.2 Å². The van der Waals surface area contributed by atoms with E-state index in [1.54, 1.807) is 19.0 Å². The summed E-state index contributed by atoms with van der Waals surface area (Å²) in [4.78, 5) is 16.6. The number of sulfonamides is 1. The van der Waals surface area contributed by atoms with Crippen LogP contribution in [0.1, 0.15) is 18.7 Å². The Hall–Kier alpha value is -2.53. The minimum atomic E-state index is -4.03. The van der Waals surface area contributed by atoms with Crippen LogP contribution in [0, 0.1) is 5.82 Å². The number of rotatable bonds is 7. The summed E-state index contributed by atoms with van der Waals surface area (Å²) < 4.78 is 46.3. The maximum absolute atomic E-state index is 13.6. The molecule has 0 bridgehead atoms. The molecule has 0 saturated carbocycles. The molecule has 0 radical (unpaired) electrons. The second kappa shape index (κ2) is 8.23. The lowest BCUT2D eigenvalue weighted by molar-refractivity contribution is 0.400. The summed E-state index contributed by atoms with van der Waals surface area (Å²) in [7, 11) is 0.893. The van der Waals surface area contributed by atoms with Gasteiger partial charge in [0.05, 0.1) is 13.7 Å². The lowest BCUT2D eigenvalue weighted by atomic mass is 10.3. The number of hydrogen-bond donors (Lipinski definition) is 1. The molecule has 1 fully saturated rings. The highest BCUT2D eigenvalue weighted by molar-refractivity contribution is 7.89. The average Bonchev–Trinajstić information content (AvgIpc) is 3.21. The van der Waals surface area contributed by atoms with Crippen molar-refractivity contribution < 1.29 is 17.5 Å². The normalized spacial score (nSPS) is 14.4. The van der Waals surface area contributed by atoms with Crippen LogP contribution in [0.15, 0.2) is 23.1 Å². The largest absolute Gasteiger partial charge is 0.495 e. The van der Waals surface area contributed by atoms with Crippen molar-refractivity contribution >= 4 is 21.9 Å². The molecule has 1 N–H and O–H groups in total. The first-order valence-corrected chi connectivity index (χ1v) is 10.3. The first kappa shape index (κ1) is 20.2. The number of anilines is 2. The Balaban J connectivity index is 1.86. The van der Waals surface area contributed by atoms with Crippen LogP contribution in [-0.2, 0) is 16.6 Å². The lowest BCUT2D eigenvalue weighted by Crippen LogP contribution is -2.28. The van der Waals surface area contributed by atoms with E-state index in [9.17, 15) is 12.8 Å². The first-order chi connectivity index (χ1) is 13.3. The third-order valence-corrected chi connectivity index (χ3v) is 5.70. The topological polar surface area (TPSA) is 101 Å². The molecule has 11 heteroatoms. The molecule has 1 aliphatic rings. The maximum atomic E-state index is 13.6. The number of nitrogens with one attached hydrogen (secondary N) is 1. The zero-order valence-corrected chi connectivity index (χ0v) is 16.8. The van der Waals surface area contributed by atoms with Crippen LogP contribution in [0.4, 0.5) is 16.3 Å². The Kier molecular flexibility index (Phi) is 5.94. The molecular weight excluding hydrogens is 387 g/mol. The number of benzene rings is 1. The number of ether oxygens (including phenoxy) is 1. The predicted molar refractivity (Wildman–Crippen MR) is 103 cm³/mol. The minimum Gasteiger partial charge on any atom is -0.495 e. The van der Waals surface area contributed by atoms with E-state index in [-0.39, 0.29) is 23.0 Å². The van der Waals surface area contributed by atoms with Gasteiger partial charge in [0, 0.05) is 27.2 Å². The molecule has 1 aliphatic heterocycles. The van der Waals surface area contributed by atoms with Gasteiger partial charge >= 0.3 is 0 Å². The van der Waals surface area contributed by atoms with Crippen molar-refractivity contribution in [1.82, 2.24) is 19.7 Å². The summed E-state index contributed by atoms with van der Waals surface area (Å²) in [5, 5.41) is 0. The molecule has 3 rings (SSSR count). The van der Waals surface area contributed by atoms with Crippen LogP contribution >= 0.6 is 0 Å². The van der Waals surface area contributed by atoms with Gasteiger partial charge in [-0.2, -0.15) is 15.0 Å². The monoisotopic (exact) mass is 410 g/mol. The summed E-state index contributed by atoms with van der Waals surface area (Å²) in [5.74, 6) is 0.617. The lowest BCUT2D eigenvalue weighted by Gasteiger charge is -2.19. The molecule has 28 heavy (non-hydrogen) atoms. The zero-order valence-electron chi connectivity index (χ0n) is 16.0. The number of methoxy groups -OCH3 is 1. The number of nitrogens with zero attached hydrogens (tertiary/aromatic N) is 5. The molecule has 2 heterocycles. The zero-order chi connectivity index (χ0) is 20.3. The summed E-state index contributed by atoms with van der Waals surface area (Å²) >= 11 is 0. The van der Waals surface area contributed by atoms with Gasteiger partial charge in [-0.15, -0.1) is 0 Å². The Labute approximate surface area is 163 Å². The molecule has 0 atom stereocenters. The molecule has 0 unspecified atom stereocenters. The summed E-state index contributed by atoms with van der Waals surface area (Å²) in [5.41, 5.74) is 0. The molecule has 1 saturated heterocycles. The molecule has 0 spiro atoms. The second-order valence-electron chi connectivity index (χ2n) is 6.56. The summed E-state index contributed by atoms with van der Waals surface area (Å²) in [6, 6.07) is 3.31. The third kappa shape index (κ3) is 4.47. The van der Waals surface area contributed by atoms with Crippen molar-refractivity contribution in [3.05, 3.63) is 29.8 Å². The van der Waals surface area contributed by atoms with Crippen molar-refractivity contribution in [2.45, 2.75) is 24.3 Å². The van der Waals surface area contributed by atoms with Crippen LogP contribution in [0.3, 0.4) is 0 Å². The van der Waals surface area contributed by atoms with E-state index < -0.39 is 15.8 Å². The smallest absolute Gasteiger partial charge is 0.244 e. The summed E-state index contributed by atoms with van der Waals surface area (Å²) in [6.07, 6.45) is 2.12. The van der Waals surface area contributed by atoms with E-state index in [0.29, 0.717) is 11.9 Å². The molecule has 0 aliphatic carbocycles. The summed E-state index contributed by atoms with van der Waals surface area (Å²) in [6.45, 7) is 1.54. The fourth-order valence-electron chi connectivity index (χ4n) is 2.83. The third-order valence-electron chi connectivity index (χ3n) is 4.28. The van der Waals surface area contributed by atoms with Crippen molar-refractivity contribution in [2.75, 3.05) is 44.1 Å². The molecule has 152 valence electrons. The van der Waals surface area contributed by atoms with Gasteiger partial charge in [0.2, 0.25) is 21.9 Å². The molecule has 0 amide bonds. The number of hydrogen-bond acceptors (Lipinski definition) is 8. The van der Waals surface area contributed by atoms with Crippen LogP contribution in [0.2, 0.25) is 0 Å². The van der Waals surface area contributed by atoms with Gasteiger partial charge in [0.15, 0.2) is 5.82 Å². The van der Waals surface area contributed by atoms with Crippen molar-refractivity contribution in [1.29, 1.82) is 0 Å². The highest BCUT2D eigenvalue weighted by Gasteiger charge is 2.22. The van der Waals surface area contributed by atoms with Gasteiger partial charge < -0.3 is 14.5 Å². The second-order valence-corrected chi connectivity index (χ2v) is 8.30. The molecular formula is C17H23FN6O3S.